The minimum absolute atomic E-state index is 0.0344. The molecule has 2 saturated heterocycles. The van der Waals surface area contributed by atoms with Gasteiger partial charge in [-0.05, 0) is 24.3 Å². The van der Waals surface area contributed by atoms with E-state index in [4.69, 9.17) is 4.74 Å². The second kappa shape index (κ2) is 6.83. The number of likely N-dealkylation sites (N-methyl/N-ethyl adjacent to an activating group) is 2. The van der Waals surface area contributed by atoms with Crippen LogP contribution in [0.2, 0.25) is 0 Å². The average molecular weight is 364 g/mol. The lowest BCUT2D eigenvalue weighted by Gasteiger charge is -2.19. The van der Waals surface area contributed by atoms with E-state index in [0.29, 0.717) is 25.3 Å². The Balaban J connectivity index is 1.67. The molecule has 2 aliphatic heterocycles. The third-order valence-corrected chi connectivity index (χ3v) is 4.71. The molecular weight excluding hydrogens is 344 g/mol. The Morgan fingerprint density at radius 1 is 1.20 bits per heavy atom. The van der Waals surface area contributed by atoms with Crippen LogP contribution < -0.4 is 9.80 Å². The summed E-state index contributed by atoms with van der Waals surface area (Å²) in [6.07, 6.45) is -0.850. The highest BCUT2D eigenvalue weighted by atomic mass is 32.1. The van der Waals surface area contributed by atoms with E-state index in [1.807, 2.05) is 12.1 Å². The predicted octanol–water partition coefficient (Wildman–Crippen LogP) is 1.87. The van der Waals surface area contributed by atoms with Gasteiger partial charge in [-0.1, -0.05) is 12.6 Å². The summed E-state index contributed by atoms with van der Waals surface area (Å²) in [5.41, 5.74) is 1.48. The third kappa shape index (κ3) is 3.51. The van der Waals surface area contributed by atoms with Crippen LogP contribution in [-0.2, 0) is 4.74 Å². The number of anilines is 2. The molecule has 0 N–H and O–H groups in total. The number of amides is 4. The first-order valence-corrected chi connectivity index (χ1v) is 8.36. The molecule has 0 bridgehead atoms. The second-order valence-corrected chi connectivity index (χ2v) is 6.53. The molecule has 1 aromatic rings. The van der Waals surface area contributed by atoms with Crippen molar-refractivity contribution in [3.8, 4) is 0 Å². The monoisotopic (exact) mass is 364 g/mol. The number of carbonyl (C=O) groups is 3. The SMILES string of the molecule is CN(C[C@@H]1CN(c2ccc(N3CCN(C)C3=O)cc2)C(=O)O1)C(=O)S. The fourth-order valence-corrected chi connectivity index (χ4v) is 2.99. The summed E-state index contributed by atoms with van der Waals surface area (Å²) >= 11 is 3.75. The minimum atomic E-state index is -0.449. The van der Waals surface area contributed by atoms with Gasteiger partial charge in [0.25, 0.3) is 5.24 Å². The van der Waals surface area contributed by atoms with Crippen LogP contribution in [-0.4, -0.2) is 73.5 Å². The molecule has 0 saturated carbocycles. The Morgan fingerprint density at radius 2 is 1.80 bits per heavy atom. The van der Waals surface area contributed by atoms with Crippen molar-refractivity contribution in [2.75, 3.05) is 50.1 Å². The maximum absolute atomic E-state index is 12.1. The van der Waals surface area contributed by atoms with E-state index in [1.165, 1.54) is 9.80 Å². The molecular formula is C16H20N4O4S. The molecule has 0 unspecified atom stereocenters. The lowest BCUT2D eigenvalue weighted by Crippen LogP contribution is -2.33. The van der Waals surface area contributed by atoms with Gasteiger partial charge in [0.1, 0.15) is 6.10 Å². The third-order valence-electron chi connectivity index (χ3n) is 4.37. The van der Waals surface area contributed by atoms with Crippen molar-refractivity contribution >= 4 is 41.4 Å². The summed E-state index contributed by atoms with van der Waals surface area (Å²) in [6, 6.07) is 7.18. The van der Waals surface area contributed by atoms with E-state index in [1.54, 1.807) is 36.0 Å². The van der Waals surface area contributed by atoms with Crippen molar-refractivity contribution in [2.24, 2.45) is 0 Å². The van der Waals surface area contributed by atoms with E-state index in [2.05, 4.69) is 12.6 Å². The molecule has 134 valence electrons. The van der Waals surface area contributed by atoms with Crippen LogP contribution >= 0.6 is 12.6 Å². The first-order valence-electron chi connectivity index (χ1n) is 7.91. The maximum atomic E-state index is 12.1. The molecule has 4 amide bonds. The smallest absolute Gasteiger partial charge is 0.414 e. The number of thiol groups is 1. The Hall–Kier alpha value is -2.42. The minimum Gasteiger partial charge on any atom is -0.442 e. The van der Waals surface area contributed by atoms with Gasteiger partial charge in [0, 0.05) is 38.6 Å². The topological polar surface area (TPSA) is 73.4 Å². The largest absolute Gasteiger partial charge is 0.442 e. The molecule has 2 fully saturated rings. The molecule has 9 heteroatoms. The number of hydrogen-bond donors (Lipinski definition) is 1. The molecule has 0 aliphatic carbocycles. The molecule has 2 aliphatic rings. The van der Waals surface area contributed by atoms with E-state index in [0.717, 1.165) is 5.69 Å². The van der Waals surface area contributed by atoms with Gasteiger partial charge in [-0.25, -0.2) is 9.59 Å². The summed E-state index contributed by atoms with van der Waals surface area (Å²) < 4.78 is 5.30. The number of ether oxygens (including phenoxy) is 1. The van der Waals surface area contributed by atoms with Gasteiger partial charge in [0.05, 0.1) is 13.1 Å². The molecule has 3 rings (SSSR count). The van der Waals surface area contributed by atoms with Crippen LogP contribution in [0.3, 0.4) is 0 Å². The molecule has 2 heterocycles. The van der Waals surface area contributed by atoms with Crippen molar-refractivity contribution in [3.63, 3.8) is 0 Å². The van der Waals surface area contributed by atoms with E-state index < -0.39 is 12.2 Å². The Kier molecular flexibility index (Phi) is 4.76. The molecule has 0 radical (unpaired) electrons. The highest BCUT2D eigenvalue weighted by Gasteiger charge is 2.34. The van der Waals surface area contributed by atoms with Crippen LogP contribution in [0.5, 0.6) is 0 Å². The fraction of sp³-hybridized carbons (Fsp3) is 0.438. The van der Waals surface area contributed by atoms with Gasteiger partial charge in [-0.15, -0.1) is 0 Å². The molecule has 0 spiro atoms. The quantitative estimate of drug-likeness (QED) is 0.828. The number of carbonyl (C=O) groups excluding carboxylic acids is 3. The highest BCUT2D eigenvalue weighted by molar-refractivity contribution is 7.96. The van der Waals surface area contributed by atoms with E-state index in [-0.39, 0.29) is 17.8 Å². The second-order valence-electron chi connectivity index (χ2n) is 6.15. The van der Waals surface area contributed by atoms with Crippen molar-refractivity contribution in [1.82, 2.24) is 9.80 Å². The molecule has 1 aromatic carbocycles. The number of rotatable bonds is 4. The Morgan fingerprint density at radius 3 is 2.32 bits per heavy atom. The Bertz CT molecular complexity index is 696. The molecule has 0 aromatic heterocycles. The summed E-state index contributed by atoms with van der Waals surface area (Å²) in [4.78, 5) is 41.6. The Labute approximate surface area is 151 Å². The van der Waals surface area contributed by atoms with E-state index in [9.17, 15) is 14.4 Å². The first kappa shape index (κ1) is 17.4. The van der Waals surface area contributed by atoms with Gasteiger partial charge in [0.2, 0.25) is 0 Å². The zero-order chi connectivity index (χ0) is 18.1. The van der Waals surface area contributed by atoms with Crippen LogP contribution in [0.15, 0.2) is 24.3 Å². The predicted molar refractivity (Wildman–Crippen MR) is 96.4 cm³/mol. The van der Waals surface area contributed by atoms with Crippen molar-refractivity contribution in [1.29, 1.82) is 0 Å². The summed E-state index contributed by atoms with van der Waals surface area (Å²) in [7, 11) is 3.37. The number of benzene rings is 1. The summed E-state index contributed by atoms with van der Waals surface area (Å²) in [6.45, 7) is 1.98. The van der Waals surface area contributed by atoms with Crippen molar-refractivity contribution in [2.45, 2.75) is 6.10 Å². The zero-order valence-corrected chi connectivity index (χ0v) is 15.0. The maximum Gasteiger partial charge on any atom is 0.414 e. The summed E-state index contributed by atoms with van der Waals surface area (Å²) in [5, 5.41) is -0.376. The zero-order valence-electron chi connectivity index (χ0n) is 14.1. The van der Waals surface area contributed by atoms with Crippen LogP contribution in [0, 0.1) is 0 Å². The first-order chi connectivity index (χ1) is 11.9. The number of hydrogen-bond acceptors (Lipinski definition) is 4. The lowest BCUT2D eigenvalue weighted by molar-refractivity contribution is 0.124. The molecule has 8 nitrogen and oxygen atoms in total. The van der Waals surface area contributed by atoms with Gasteiger partial charge < -0.3 is 14.5 Å². The van der Waals surface area contributed by atoms with Gasteiger partial charge in [0.15, 0.2) is 0 Å². The lowest BCUT2D eigenvalue weighted by atomic mass is 10.2. The number of urea groups is 1. The normalized spacial score (nSPS) is 20.3. The van der Waals surface area contributed by atoms with Crippen LogP contribution in [0.25, 0.3) is 0 Å². The summed E-state index contributed by atoms with van der Waals surface area (Å²) in [5.74, 6) is 0. The van der Waals surface area contributed by atoms with E-state index >= 15 is 0 Å². The number of nitrogens with zero attached hydrogens (tertiary/aromatic N) is 4. The van der Waals surface area contributed by atoms with Gasteiger partial charge >= 0.3 is 12.1 Å². The van der Waals surface area contributed by atoms with Crippen LogP contribution in [0.4, 0.5) is 25.8 Å². The fourth-order valence-electron chi connectivity index (χ4n) is 2.91. The molecule has 1 atom stereocenters. The number of cyclic esters (lactones) is 1. The average Bonchev–Trinajstić information content (AvgIpc) is 3.10. The van der Waals surface area contributed by atoms with Crippen molar-refractivity contribution in [3.05, 3.63) is 24.3 Å². The highest BCUT2D eigenvalue weighted by Crippen LogP contribution is 2.26. The standard InChI is InChI=1S/C16H20N4O4S/c1-17-7-8-19(14(17)21)11-3-5-12(6-4-11)20-10-13(24-15(20)22)9-18(2)16(23)25/h3-6,13H,7-10H2,1-2H3,(H,23,25)/t13-/m1/s1. The van der Waals surface area contributed by atoms with Crippen LogP contribution in [0.1, 0.15) is 0 Å². The molecule has 25 heavy (non-hydrogen) atoms. The van der Waals surface area contributed by atoms with Gasteiger partial charge in [-0.2, -0.15) is 0 Å². The van der Waals surface area contributed by atoms with Gasteiger partial charge in [-0.3, -0.25) is 14.6 Å². The van der Waals surface area contributed by atoms with Crippen molar-refractivity contribution < 1.29 is 19.1 Å².